The number of ether oxygens (including phenoxy) is 2. The van der Waals surface area contributed by atoms with Crippen LogP contribution in [0.25, 0.3) is 0 Å². The Labute approximate surface area is 125 Å². The second kappa shape index (κ2) is 7.78. The van der Waals surface area contributed by atoms with Crippen molar-refractivity contribution in [2.45, 2.75) is 45.9 Å². The molecule has 5 nitrogen and oxygen atoms in total. The van der Waals surface area contributed by atoms with Gasteiger partial charge < -0.3 is 15.2 Å². The maximum atomic E-state index is 12.1. The number of rotatable bonds is 6. The van der Waals surface area contributed by atoms with E-state index in [1.807, 2.05) is 19.9 Å². The molecule has 1 aromatic carbocycles. The van der Waals surface area contributed by atoms with Crippen LogP contribution >= 0.6 is 0 Å². The molecule has 21 heavy (non-hydrogen) atoms. The summed E-state index contributed by atoms with van der Waals surface area (Å²) in [6.45, 7) is 7.05. The lowest BCUT2D eigenvalue weighted by Gasteiger charge is -2.27. The van der Waals surface area contributed by atoms with Crippen molar-refractivity contribution in [2.75, 3.05) is 0 Å². The highest BCUT2D eigenvalue weighted by Gasteiger charge is 2.29. The Bertz CT molecular complexity index is 470. The molecule has 2 N–H and O–H groups in total. The minimum Gasteiger partial charge on any atom is -0.458 e. The number of carbonyl (C=O) groups excluding carboxylic acids is 2. The lowest BCUT2D eigenvalue weighted by atomic mass is 10.0. The molecule has 0 spiro atoms. The fourth-order valence-corrected chi connectivity index (χ4v) is 1.90. The minimum atomic E-state index is -0.704. The Morgan fingerprint density at radius 3 is 2.05 bits per heavy atom. The van der Waals surface area contributed by atoms with Crippen molar-refractivity contribution in [2.24, 2.45) is 11.7 Å². The predicted molar refractivity (Wildman–Crippen MR) is 79.7 cm³/mol. The van der Waals surface area contributed by atoms with Crippen molar-refractivity contribution in [3.63, 3.8) is 0 Å². The normalized spacial score (nSPS) is 15.1. The number of hydrogen-bond donors (Lipinski definition) is 1. The van der Waals surface area contributed by atoms with Crippen LogP contribution in [0.5, 0.6) is 0 Å². The molecule has 0 saturated heterocycles. The first-order valence-corrected chi connectivity index (χ1v) is 7.05. The molecular weight excluding hydrogens is 270 g/mol. The largest absolute Gasteiger partial charge is 0.458 e. The zero-order valence-corrected chi connectivity index (χ0v) is 12.9. The summed E-state index contributed by atoms with van der Waals surface area (Å²) < 4.78 is 10.7. The molecule has 0 saturated carbocycles. The molecule has 1 rings (SSSR count). The van der Waals surface area contributed by atoms with Gasteiger partial charge in [0.15, 0.2) is 0 Å². The van der Waals surface area contributed by atoms with Crippen molar-refractivity contribution in [1.82, 2.24) is 0 Å². The Morgan fingerprint density at radius 2 is 1.57 bits per heavy atom. The van der Waals surface area contributed by atoms with Gasteiger partial charge in [-0.2, -0.15) is 0 Å². The van der Waals surface area contributed by atoms with Gasteiger partial charge in [-0.25, -0.2) is 4.79 Å². The van der Waals surface area contributed by atoms with E-state index in [-0.39, 0.29) is 5.92 Å². The van der Waals surface area contributed by atoms with E-state index in [1.165, 1.54) is 0 Å². The van der Waals surface area contributed by atoms with Gasteiger partial charge in [-0.3, -0.25) is 4.79 Å². The van der Waals surface area contributed by atoms with Crippen LogP contribution in [0.15, 0.2) is 30.3 Å². The first kappa shape index (κ1) is 17.2. The number of nitrogens with two attached hydrogens (primary N) is 1. The molecule has 116 valence electrons. The van der Waals surface area contributed by atoms with Crippen LogP contribution in [0.4, 0.5) is 0 Å². The smallest absolute Gasteiger partial charge is 0.338 e. The Morgan fingerprint density at radius 1 is 1.00 bits per heavy atom. The molecule has 0 bridgehead atoms. The average molecular weight is 293 g/mol. The quantitative estimate of drug-likeness (QED) is 0.813. The van der Waals surface area contributed by atoms with Crippen LogP contribution < -0.4 is 5.73 Å². The zero-order valence-electron chi connectivity index (χ0n) is 12.9. The van der Waals surface area contributed by atoms with Crippen LogP contribution in [0, 0.1) is 5.92 Å². The van der Waals surface area contributed by atoms with E-state index >= 15 is 0 Å². The standard InChI is InChI=1S/C16H23NO4/c1-10(2)14(12(4)20-15(18)11(3)17)21-16(19)13-8-6-5-7-9-13/h5-12,14H,17H2,1-4H3/t11-,12-,14-/m0/s1. The minimum absolute atomic E-state index is 0.00791. The molecule has 0 radical (unpaired) electrons. The van der Waals surface area contributed by atoms with Gasteiger partial charge in [0.25, 0.3) is 0 Å². The van der Waals surface area contributed by atoms with Gasteiger partial charge in [0.1, 0.15) is 18.2 Å². The maximum Gasteiger partial charge on any atom is 0.338 e. The first-order valence-electron chi connectivity index (χ1n) is 7.05. The highest BCUT2D eigenvalue weighted by molar-refractivity contribution is 5.89. The lowest BCUT2D eigenvalue weighted by molar-refractivity contribution is -0.156. The molecule has 0 heterocycles. The lowest BCUT2D eigenvalue weighted by Crippen LogP contribution is -2.40. The number of hydrogen-bond acceptors (Lipinski definition) is 5. The molecule has 5 heteroatoms. The third kappa shape index (κ3) is 5.19. The Kier molecular flexibility index (Phi) is 6.37. The average Bonchev–Trinajstić information content (AvgIpc) is 2.44. The van der Waals surface area contributed by atoms with Crippen LogP contribution in [-0.4, -0.2) is 30.2 Å². The number of benzene rings is 1. The van der Waals surface area contributed by atoms with E-state index in [1.54, 1.807) is 38.1 Å². The number of carbonyl (C=O) groups is 2. The Hall–Kier alpha value is -1.88. The second-order valence-electron chi connectivity index (χ2n) is 5.41. The summed E-state index contributed by atoms with van der Waals surface area (Å²) in [5.41, 5.74) is 5.94. The van der Waals surface area contributed by atoms with Crippen molar-refractivity contribution in [3.8, 4) is 0 Å². The third-order valence-corrected chi connectivity index (χ3v) is 3.05. The molecule has 0 aliphatic carbocycles. The van der Waals surface area contributed by atoms with Gasteiger partial charge in [0.2, 0.25) is 0 Å². The highest BCUT2D eigenvalue weighted by Crippen LogP contribution is 2.17. The summed E-state index contributed by atoms with van der Waals surface area (Å²) in [7, 11) is 0. The SMILES string of the molecule is CC(C)[C@H](OC(=O)c1ccccc1)[C@H](C)OC(=O)[C@H](C)N. The summed E-state index contributed by atoms with van der Waals surface area (Å²) >= 11 is 0. The Balaban J connectivity index is 2.74. The molecule has 1 aromatic rings. The number of esters is 2. The van der Waals surface area contributed by atoms with Crippen molar-refractivity contribution in [3.05, 3.63) is 35.9 Å². The summed E-state index contributed by atoms with van der Waals surface area (Å²) in [5.74, 6) is -0.935. The molecule has 0 aromatic heterocycles. The van der Waals surface area contributed by atoms with Crippen LogP contribution in [0.2, 0.25) is 0 Å². The monoisotopic (exact) mass is 293 g/mol. The van der Waals surface area contributed by atoms with Gasteiger partial charge in [0, 0.05) is 0 Å². The van der Waals surface area contributed by atoms with E-state index in [9.17, 15) is 9.59 Å². The van der Waals surface area contributed by atoms with E-state index in [0.717, 1.165) is 0 Å². The van der Waals surface area contributed by atoms with E-state index in [2.05, 4.69) is 0 Å². The van der Waals surface area contributed by atoms with Crippen molar-refractivity contribution < 1.29 is 19.1 Å². The molecule has 3 atom stereocenters. The van der Waals surface area contributed by atoms with Gasteiger partial charge in [-0.15, -0.1) is 0 Å². The molecule has 0 fully saturated rings. The van der Waals surface area contributed by atoms with Crippen molar-refractivity contribution in [1.29, 1.82) is 0 Å². The van der Waals surface area contributed by atoms with E-state index < -0.39 is 30.2 Å². The van der Waals surface area contributed by atoms with E-state index in [0.29, 0.717) is 5.56 Å². The summed E-state index contributed by atoms with van der Waals surface area (Å²) in [5, 5.41) is 0. The van der Waals surface area contributed by atoms with Gasteiger partial charge in [0.05, 0.1) is 5.56 Å². The van der Waals surface area contributed by atoms with Gasteiger partial charge >= 0.3 is 11.9 Å². The maximum absolute atomic E-state index is 12.1. The topological polar surface area (TPSA) is 78.6 Å². The third-order valence-electron chi connectivity index (χ3n) is 3.05. The fourth-order valence-electron chi connectivity index (χ4n) is 1.90. The summed E-state index contributed by atoms with van der Waals surface area (Å²) in [4.78, 5) is 23.6. The van der Waals surface area contributed by atoms with Crippen LogP contribution in [0.1, 0.15) is 38.1 Å². The molecule has 0 amide bonds. The van der Waals surface area contributed by atoms with E-state index in [4.69, 9.17) is 15.2 Å². The molecule has 0 aliphatic heterocycles. The summed E-state index contributed by atoms with van der Waals surface area (Å²) in [6, 6.07) is 8.01. The molecular formula is C16H23NO4. The fraction of sp³-hybridized carbons (Fsp3) is 0.500. The second-order valence-corrected chi connectivity index (χ2v) is 5.41. The van der Waals surface area contributed by atoms with Crippen LogP contribution in [0.3, 0.4) is 0 Å². The first-order chi connectivity index (χ1) is 9.82. The zero-order chi connectivity index (χ0) is 16.0. The van der Waals surface area contributed by atoms with Crippen LogP contribution in [-0.2, 0) is 14.3 Å². The highest BCUT2D eigenvalue weighted by atomic mass is 16.6. The van der Waals surface area contributed by atoms with Gasteiger partial charge in [-0.05, 0) is 31.9 Å². The van der Waals surface area contributed by atoms with Crippen molar-refractivity contribution >= 4 is 11.9 Å². The molecule has 0 aliphatic rings. The molecule has 0 unspecified atom stereocenters. The summed E-state index contributed by atoms with van der Waals surface area (Å²) in [6.07, 6.45) is -1.09. The predicted octanol–water partition coefficient (Wildman–Crippen LogP) is 2.15. The van der Waals surface area contributed by atoms with Gasteiger partial charge in [-0.1, -0.05) is 32.0 Å².